The van der Waals surface area contributed by atoms with Gasteiger partial charge in [-0.25, -0.2) is 0 Å². The predicted molar refractivity (Wildman–Crippen MR) is 84.5 cm³/mol. The Morgan fingerprint density at radius 1 is 1.43 bits per heavy atom. The average molecular weight is 292 g/mol. The molecule has 2 aliphatic rings. The zero-order chi connectivity index (χ0) is 14.7. The first kappa shape index (κ1) is 14.9. The third kappa shape index (κ3) is 3.98. The van der Waals surface area contributed by atoms with Crippen molar-refractivity contribution in [1.82, 2.24) is 14.7 Å². The topological polar surface area (TPSA) is 42.3 Å². The number of hydrogen-bond acceptors (Lipinski definition) is 4. The van der Waals surface area contributed by atoms with Crippen LogP contribution in [0.2, 0.25) is 0 Å². The lowest BCUT2D eigenvalue weighted by Gasteiger charge is -2.34. The van der Waals surface area contributed by atoms with Crippen LogP contribution in [0.1, 0.15) is 32.6 Å². The largest absolute Gasteiger partial charge is 0.380 e. The summed E-state index contributed by atoms with van der Waals surface area (Å²) in [6, 6.07) is 0.494. The predicted octanol–water partition coefficient (Wildman–Crippen LogP) is 2.20. The summed E-state index contributed by atoms with van der Waals surface area (Å²) < 4.78 is 7.68. The van der Waals surface area contributed by atoms with Crippen molar-refractivity contribution >= 4 is 5.69 Å². The third-order valence-corrected chi connectivity index (χ3v) is 4.81. The molecular formula is C16H28N4O. The standard InChI is InChI=1S/C16H28N4O/c1-13(14-5-3-7-19(2)10-14)18-15-9-17-20(11-15)12-16-6-4-8-21-16/h9,11,13-14,16,18H,3-8,10,12H2,1-2H3. The van der Waals surface area contributed by atoms with Crippen molar-refractivity contribution in [2.75, 3.05) is 32.1 Å². The molecule has 0 spiro atoms. The van der Waals surface area contributed by atoms with E-state index in [2.05, 4.69) is 35.5 Å². The van der Waals surface area contributed by atoms with Crippen LogP contribution < -0.4 is 5.32 Å². The van der Waals surface area contributed by atoms with Crippen LogP contribution in [0, 0.1) is 5.92 Å². The molecule has 0 saturated carbocycles. The number of likely N-dealkylation sites (tertiary alicyclic amines) is 1. The van der Waals surface area contributed by atoms with E-state index in [1.54, 1.807) is 0 Å². The lowest BCUT2D eigenvalue weighted by Crippen LogP contribution is -2.39. The fourth-order valence-corrected chi connectivity index (χ4v) is 3.53. The quantitative estimate of drug-likeness (QED) is 0.903. The van der Waals surface area contributed by atoms with E-state index in [1.165, 1.54) is 32.4 Å². The second-order valence-electron chi connectivity index (χ2n) is 6.68. The van der Waals surface area contributed by atoms with Gasteiger partial charge >= 0.3 is 0 Å². The van der Waals surface area contributed by atoms with Gasteiger partial charge in [-0.15, -0.1) is 0 Å². The molecule has 3 atom stereocenters. The summed E-state index contributed by atoms with van der Waals surface area (Å²) in [5.41, 5.74) is 1.13. The lowest BCUT2D eigenvalue weighted by molar-refractivity contribution is 0.0940. The molecule has 3 heterocycles. The summed E-state index contributed by atoms with van der Waals surface area (Å²) in [5, 5.41) is 8.08. The van der Waals surface area contributed by atoms with E-state index in [4.69, 9.17) is 4.74 Å². The van der Waals surface area contributed by atoms with Gasteiger partial charge in [-0.2, -0.15) is 5.10 Å². The Morgan fingerprint density at radius 2 is 2.33 bits per heavy atom. The van der Waals surface area contributed by atoms with E-state index in [9.17, 15) is 0 Å². The van der Waals surface area contributed by atoms with E-state index in [0.29, 0.717) is 12.1 Å². The molecule has 1 aromatic heterocycles. The highest BCUT2D eigenvalue weighted by molar-refractivity contribution is 5.39. The second kappa shape index (κ2) is 6.79. The molecule has 2 saturated heterocycles. The van der Waals surface area contributed by atoms with Gasteiger partial charge < -0.3 is 15.0 Å². The molecule has 3 unspecified atom stereocenters. The van der Waals surface area contributed by atoms with Crippen LogP contribution in [0.3, 0.4) is 0 Å². The molecule has 2 aliphatic heterocycles. The fraction of sp³-hybridized carbons (Fsp3) is 0.812. The minimum Gasteiger partial charge on any atom is -0.380 e. The van der Waals surface area contributed by atoms with Crippen molar-refractivity contribution in [3.63, 3.8) is 0 Å². The Hall–Kier alpha value is -1.07. The Kier molecular flexibility index (Phi) is 4.80. The van der Waals surface area contributed by atoms with Crippen molar-refractivity contribution < 1.29 is 4.74 Å². The summed E-state index contributed by atoms with van der Waals surface area (Å²) in [6.45, 7) is 6.51. The van der Waals surface area contributed by atoms with Gasteiger partial charge in [-0.3, -0.25) is 4.68 Å². The maximum atomic E-state index is 5.67. The zero-order valence-electron chi connectivity index (χ0n) is 13.3. The number of hydrogen-bond donors (Lipinski definition) is 1. The Labute approximate surface area is 127 Å². The van der Waals surface area contributed by atoms with Crippen molar-refractivity contribution in [2.45, 2.75) is 51.3 Å². The number of piperidine rings is 1. The van der Waals surface area contributed by atoms with Crippen LogP contribution in [0.4, 0.5) is 5.69 Å². The molecule has 21 heavy (non-hydrogen) atoms. The summed E-state index contributed by atoms with van der Waals surface area (Å²) in [7, 11) is 2.22. The van der Waals surface area contributed by atoms with Crippen molar-refractivity contribution in [3.05, 3.63) is 12.4 Å². The van der Waals surface area contributed by atoms with Crippen molar-refractivity contribution in [3.8, 4) is 0 Å². The van der Waals surface area contributed by atoms with Crippen LogP contribution in [0.5, 0.6) is 0 Å². The van der Waals surface area contributed by atoms with Gasteiger partial charge in [0.15, 0.2) is 0 Å². The number of nitrogens with zero attached hydrogens (tertiary/aromatic N) is 3. The molecule has 5 heteroatoms. The summed E-state index contributed by atoms with van der Waals surface area (Å²) in [4.78, 5) is 2.44. The first-order valence-electron chi connectivity index (χ1n) is 8.30. The summed E-state index contributed by atoms with van der Waals surface area (Å²) >= 11 is 0. The molecule has 3 rings (SSSR count). The number of rotatable bonds is 5. The third-order valence-electron chi connectivity index (χ3n) is 4.81. The molecule has 118 valence electrons. The van der Waals surface area contributed by atoms with Gasteiger partial charge in [0.1, 0.15) is 0 Å². The van der Waals surface area contributed by atoms with Crippen LogP contribution in [0.15, 0.2) is 12.4 Å². The Balaban J connectivity index is 1.51. The van der Waals surface area contributed by atoms with Crippen LogP contribution in [-0.4, -0.2) is 53.6 Å². The molecule has 0 radical (unpaired) electrons. The Morgan fingerprint density at radius 3 is 3.10 bits per heavy atom. The van der Waals surface area contributed by atoms with Crippen LogP contribution in [0.25, 0.3) is 0 Å². The SMILES string of the molecule is CC(Nc1cnn(CC2CCCO2)c1)C1CCCN(C)C1. The second-order valence-corrected chi connectivity index (χ2v) is 6.68. The molecule has 0 amide bonds. The zero-order valence-corrected chi connectivity index (χ0v) is 13.3. The van der Waals surface area contributed by atoms with E-state index in [-0.39, 0.29) is 0 Å². The molecule has 1 aromatic rings. The van der Waals surface area contributed by atoms with Gasteiger partial charge in [0.05, 0.1) is 24.5 Å². The van der Waals surface area contributed by atoms with Gasteiger partial charge in [-0.05, 0) is 52.1 Å². The first-order chi connectivity index (χ1) is 10.2. The molecule has 0 aliphatic carbocycles. The number of anilines is 1. The van der Waals surface area contributed by atoms with E-state index < -0.39 is 0 Å². The Bertz CT molecular complexity index is 441. The number of aromatic nitrogens is 2. The van der Waals surface area contributed by atoms with Crippen molar-refractivity contribution in [2.24, 2.45) is 5.92 Å². The minimum atomic E-state index is 0.349. The maximum Gasteiger partial charge on any atom is 0.0771 e. The van der Waals surface area contributed by atoms with Gasteiger partial charge in [-0.1, -0.05) is 0 Å². The fourth-order valence-electron chi connectivity index (χ4n) is 3.53. The molecule has 1 N–H and O–H groups in total. The highest BCUT2D eigenvalue weighted by Crippen LogP contribution is 2.22. The van der Waals surface area contributed by atoms with Gasteiger partial charge in [0.2, 0.25) is 0 Å². The lowest BCUT2D eigenvalue weighted by atomic mass is 9.92. The minimum absolute atomic E-state index is 0.349. The van der Waals surface area contributed by atoms with Crippen LogP contribution >= 0.6 is 0 Å². The highest BCUT2D eigenvalue weighted by Gasteiger charge is 2.23. The van der Waals surface area contributed by atoms with E-state index in [0.717, 1.165) is 31.2 Å². The highest BCUT2D eigenvalue weighted by atomic mass is 16.5. The molecule has 2 fully saturated rings. The van der Waals surface area contributed by atoms with Crippen LogP contribution in [-0.2, 0) is 11.3 Å². The van der Waals surface area contributed by atoms with E-state index >= 15 is 0 Å². The van der Waals surface area contributed by atoms with E-state index in [1.807, 2.05) is 10.9 Å². The van der Waals surface area contributed by atoms with Gasteiger partial charge in [0, 0.05) is 25.4 Å². The van der Waals surface area contributed by atoms with Gasteiger partial charge in [0.25, 0.3) is 0 Å². The average Bonchev–Trinajstić information content (AvgIpc) is 3.11. The molecule has 0 bridgehead atoms. The normalized spacial score (nSPS) is 28.7. The maximum absolute atomic E-state index is 5.67. The molecule has 5 nitrogen and oxygen atoms in total. The molecule has 0 aromatic carbocycles. The smallest absolute Gasteiger partial charge is 0.0771 e. The van der Waals surface area contributed by atoms with Crippen molar-refractivity contribution in [1.29, 1.82) is 0 Å². The number of ether oxygens (including phenoxy) is 1. The first-order valence-corrected chi connectivity index (χ1v) is 8.30. The molecular weight excluding hydrogens is 264 g/mol. The number of nitrogens with one attached hydrogen (secondary N) is 1. The summed E-state index contributed by atoms with van der Waals surface area (Å²) in [6.07, 6.45) is 9.38. The summed E-state index contributed by atoms with van der Waals surface area (Å²) in [5.74, 6) is 0.727. The monoisotopic (exact) mass is 292 g/mol.